The molecule has 2 atom stereocenters. The standard InChI is InChI=1S/C17H21ClN2O/c1-20(15-7-2-3-8-16(15)21)11-13-10-9-12-5-4-6-14(18)17(12)19-13/h4-6,9-10,15-16,21H,2-3,7-8,11H2,1H3/t15-,16+/m1/s1. The Balaban J connectivity index is 1.79. The number of nitrogens with zero attached hydrogens (tertiary/aromatic N) is 2. The SMILES string of the molecule is CN(Cc1ccc2cccc(Cl)c2n1)[C@@H]1CCCC[C@@H]1O. The molecule has 1 saturated carbocycles. The lowest BCUT2D eigenvalue weighted by atomic mass is 9.91. The van der Waals surface area contributed by atoms with Gasteiger partial charge in [-0.3, -0.25) is 4.90 Å². The first-order valence-electron chi connectivity index (χ1n) is 7.57. The van der Waals surface area contributed by atoms with Crippen LogP contribution in [0.15, 0.2) is 30.3 Å². The number of likely N-dealkylation sites (N-methyl/N-ethyl adjacent to an activating group) is 1. The van der Waals surface area contributed by atoms with Crippen LogP contribution >= 0.6 is 11.6 Å². The van der Waals surface area contributed by atoms with E-state index in [1.54, 1.807) is 0 Å². The number of benzene rings is 1. The smallest absolute Gasteiger partial charge is 0.0891 e. The van der Waals surface area contributed by atoms with Crippen molar-refractivity contribution in [2.75, 3.05) is 7.05 Å². The zero-order chi connectivity index (χ0) is 14.8. The van der Waals surface area contributed by atoms with Gasteiger partial charge in [-0.15, -0.1) is 0 Å². The van der Waals surface area contributed by atoms with Crippen LogP contribution in [0, 0.1) is 0 Å². The van der Waals surface area contributed by atoms with E-state index in [1.165, 1.54) is 6.42 Å². The van der Waals surface area contributed by atoms with Gasteiger partial charge in [0.2, 0.25) is 0 Å². The normalized spacial score (nSPS) is 22.9. The number of fused-ring (bicyclic) bond motifs is 1. The minimum atomic E-state index is -0.215. The summed E-state index contributed by atoms with van der Waals surface area (Å²) in [6.07, 6.45) is 4.09. The summed E-state index contributed by atoms with van der Waals surface area (Å²) in [6, 6.07) is 10.2. The molecule has 1 aromatic heterocycles. The zero-order valence-corrected chi connectivity index (χ0v) is 13.1. The van der Waals surface area contributed by atoms with Crippen LogP contribution in [0.4, 0.5) is 0 Å². The minimum Gasteiger partial charge on any atom is -0.391 e. The van der Waals surface area contributed by atoms with Gasteiger partial charge in [0.1, 0.15) is 0 Å². The molecule has 1 fully saturated rings. The summed E-state index contributed by atoms with van der Waals surface area (Å²) >= 11 is 6.22. The van der Waals surface area contributed by atoms with E-state index in [-0.39, 0.29) is 12.1 Å². The first kappa shape index (κ1) is 14.8. The first-order chi connectivity index (χ1) is 10.1. The van der Waals surface area contributed by atoms with Crippen LogP contribution in [0.1, 0.15) is 31.4 Å². The number of aromatic nitrogens is 1. The third-order valence-corrected chi connectivity index (χ3v) is 4.71. The summed E-state index contributed by atoms with van der Waals surface area (Å²) in [5, 5.41) is 11.9. The molecule has 3 nitrogen and oxygen atoms in total. The van der Waals surface area contributed by atoms with Gasteiger partial charge < -0.3 is 5.11 Å². The summed E-state index contributed by atoms with van der Waals surface area (Å²) in [5.74, 6) is 0. The van der Waals surface area contributed by atoms with Crippen molar-refractivity contribution >= 4 is 22.5 Å². The van der Waals surface area contributed by atoms with Crippen molar-refractivity contribution in [2.24, 2.45) is 0 Å². The molecule has 0 radical (unpaired) electrons. The van der Waals surface area contributed by atoms with Gasteiger partial charge in [0.05, 0.1) is 22.3 Å². The summed E-state index contributed by atoms with van der Waals surface area (Å²) in [7, 11) is 2.07. The Hall–Kier alpha value is -1.16. The zero-order valence-electron chi connectivity index (χ0n) is 12.3. The maximum Gasteiger partial charge on any atom is 0.0891 e. The molecule has 3 rings (SSSR count). The van der Waals surface area contributed by atoms with E-state index in [9.17, 15) is 5.11 Å². The molecule has 21 heavy (non-hydrogen) atoms. The molecular formula is C17H21ClN2O. The monoisotopic (exact) mass is 304 g/mol. The van der Waals surface area contributed by atoms with Crippen molar-refractivity contribution in [2.45, 2.75) is 44.4 Å². The van der Waals surface area contributed by atoms with Crippen molar-refractivity contribution < 1.29 is 5.11 Å². The van der Waals surface area contributed by atoms with Gasteiger partial charge in [-0.05, 0) is 32.0 Å². The van der Waals surface area contributed by atoms with Crippen molar-refractivity contribution in [3.8, 4) is 0 Å². The van der Waals surface area contributed by atoms with Crippen LogP contribution in [-0.4, -0.2) is 34.2 Å². The first-order valence-corrected chi connectivity index (χ1v) is 7.95. The summed E-state index contributed by atoms with van der Waals surface area (Å²) < 4.78 is 0. The fourth-order valence-corrected chi connectivity index (χ4v) is 3.44. The van der Waals surface area contributed by atoms with Gasteiger partial charge >= 0.3 is 0 Å². The second kappa shape index (κ2) is 6.30. The molecular weight excluding hydrogens is 284 g/mol. The maximum absolute atomic E-state index is 10.2. The summed E-state index contributed by atoms with van der Waals surface area (Å²) in [6.45, 7) is 0.739. The molecule has 4 heteroatoms. The van der Waals surface area contributed by atoms with Crippen LogP contribution in [0.2, 0.25) is 5.02 Å². The molecule has 1 heterocycles. The second-order valence-corrected chi connectivity index (χ2v) is 6.36. The third kappa shape index (κ3) is 3.20. The van der Waals surface area contributed by atoms with Gasteiger partial charge in [0.15, 0.2) is 0 Å². The van der Waals surface area contributed by atoms with E-state index in [2.05, 4.69) is 23.0 Å². The van der Waals surface area contributed by atoms with Gasteiger partial charge in [0.25, 0.3) is 0 Å². The molecule has 1 aromatic carbocycles. The second-order valence-electron chi connectivity index (χ2n) is 5.95. The molecule has 112 valence electrons. The van der Waals surface area contributed by atoms with Gasteiger partial charge in [0, 0.05) is 18.0 Å². The third-order valence-electron chi connectivity index (χ3n) is 4.40. The number of halogens is 1. The van der Waals surface area contributed by atoms with Crippen LogP contribution in [-0.2, 0) is 6.54 Å². The summed E-state index contributed by atoms with van der Waals surface area (Å²) in [4.78, 5) is 6.90. The van der Waals surface area contributed by atoms with Gasteiger partial charge in [-0.25, -0.2) is 4.98 Å². The predicted octanol–water partition coefficient (Wildman–Crippen LogP) is 3.62. The van der Waals surface area contributed by atoms with Crippen LogP contribution in [0.25, 0.3) is 10.9 Å². The molecule has 0 bridgehead atoms. The van der Waals surface area contributed by atoms with Crippen LogP contribution < -0.4 is 0 Å². The highest BCUT2D eigenvalue weighted by Crippen LogP contribution is 2.25. The molecule has 0 spiro atoms. The fourth-order valence-electron chi connectivity index (χ4n) is 3.22. The number of hydrogen-bond donors (Lipinski definition) is 1. The van der Waals surface area contributed by atoms with Crippen molar-refractivity contribution in [1.82, 2.24) is 9.88 Å². The average molecular weight is 305 g/mol. The van der Waals surface area contributed by atoms with E-state index < -0.39 is 0 Å². The number of aliphatic hydroxyl groups is 1. The van der Waals surface area contributed by atoms with Gasteiger partial charge in [-0.2, -0.15) is 0 Å². The molecule has 1 aliphatic carbocycles. The van der Waals surface area contributed by atoms with Crippen LogP contribution in [0.3, 0.4) is 0 Å². The largest absolute Gasteiger partial charge is 0.391 e. The minimum absolute atomic E-state index is 0.215. The Labute approximate surface area is 130 Å². The molecule has 0 amide bonds. The molecule has 1 N–H and O–H groups in total. The highest BCUT2D eigenvalue weighted by atomic mass is 35.5. The number of hydrogen-bond acceptors (Lipinski definition) is 3. The number of aliphatic hydroxyl groups excluding tert-OH is 1. The van der Waals surface area contributed by atoms with E-state index in [0.717, 1.165) is 42.4 Å². The highest BCUT2D eigenvalue weighted by molar-refractivity contribution is 6.35. The van der Waals surface area contributed by atoms with E-state index in [4.69, 9.17) is 11.6 Å². The van der Waals surface area contributed by atoms with E-state index in [1.807, 2.05) is 24.3 Å². The summed E-state index contributed by atoms with van der Waals surface area (Å²) in [5.41, 5.74) is 1.85. The Morgan fingerprint density at radius 1 is 1.24 bits per heavy atom. The average Bonchev–Trinajstić information content (AvgIpc) is 2.48. The highest BCUT2D eigenvalue weighted by Gasteiger charge is 2.26. The lowest BCUT2D eigenvalue weighted by molar-refractivity contribution is 0.0284. The maximum atomic E-state index is 10.2. The lowest BCUT2D eigenvalue weighted by Crippen LogP contribution is -2.42. The number of para-hydroxylation sites is 1. The van der Waals surface area contributed by atoms with E-state index >= 15 is 0 Å². The number of pyridine rings is 1. The molecule has 0 saturated heterocycles. The molecule has 0 unspecified atom stereocenters. The molecule has 0 aliphatic heterocycles. The Kier molecular flexibility index (Phi) is 4.43. The van der Waals surface area contributed by atoms with E-state index in [0.29, 0.717) is 5.02 Å². The van der Waals surface area contributed by atoms with Crippen molar-refractivity contribution in [1.29, 1.82) is 0 Å². The molecule has 1 aliphatic rings. The Bertz CT molecular complexity index is 631. The van der Waals surface area contributed by atoms with Crippen molar-refractivity contribution in [3.63, 3.8) is 0 Å². The Morgan fingerprint density at radius 3 is 2.86 bits per heavy atom. The fraction of sp³-hybridized carbons (Fsp3) is 0.471. The number of rotatable bonds is 3. The van der Waals surface area contributed by atoms with Gasteiger partial charge in [-0.1, -0.05) is 42.6 Å². The van der Waals surface area contributed by atoms with Crippen molar-refractivity contribution in [3.05, 3.63) is 41.0 Å². The topological polar surface area (TPSA) is 36.4 Å². The Morgan fingerprint density at radius 2 is 2.05 bits per heavy atom. The van der Waals surface area contributed by atoms with Crippen LogP contribution in [0.5, 0.6) is 0 Å². The molecule has 2 aromatic rings. The lowest BCUT2D eigenvalue weighted by Gasteiger charge is -2.35. The predicted molar refractivity (Wildman–Crippen MR) is 86.5 cm³/mol. The quantitative estimate of drug-likeness (QED) is 0.941.